The Balaban J connectivity index is 1.85. The first-order chi connectivity index (χ1) is 7.16. The summed E-state index contributed by atoms with van der Waals surface area (Å²) in [6.45, 7) is 3.61. The van der Waals surface area contributed by atoms with Crippen LogP contribution in [-0.4, -0.2) is 35.1 Å². The zero-order chi connectivity index (χ0) is 10.8. The molecule has 1 saturated heterocycles. The highest BCUT2D eigenvalue weighted by Gasteiger charge is 2.32. The van der Waals surface area contributed by atoms with Crippen molar-refractivity contribution in [3.8, 4) is 0 Å². The molecule has 2 fully saturated rings. The fourth-order valence-electron chi connectivity index (χ4n) is 2.22. The van der Waals surface area contributed by atoms with E-state index in [1.165, 1.54) is 0 Å². The van der Waals surface area contributed by atoms with Crippen LogP contribution in [0.1, 0.15) is 39.0 Å². The van der Waals surface area contributed by atoms with E-state index >= 15 is 0 Å². The maximum Gasteiger partial charge on any atom is 0.222 e. The second kappa shape index (κ2) is 4.52. The molecule has 3 heteroatoms. The highest BCUT2D eigenvalue weighted by molar-refractivity contribution is 5.76. The predicted molar refractivity (Wildman–Crippen MR) is 58.3 cm³/mol. The monoisotopic (exact) mass is 211 g/mol. The fraction of sp³-hybridized carbons (Fsp3) is 0.917. The number of rotatable bonds is 3. The van der Waals surface area contributed by atoms with Crippen LogP contribution in [-0.2, 0) is 4.79 Å². The average Bonchev–Trinajstić information content (AvgIpc) is 3.02. The Bertz CT molecular complexity index is 238. The van der Waals surface area contributed by atoms with Crippen LogP contribution in [0.25, 0.3) is 0 Å². The molecule has 0 aromatic rings. The molecular formula is C12H21NO2. The third-order valence-electron chi connectivity index (χ3n) is 3.67. The Kier molecular flexibility index (Phi) is 3.29. The quantitative estimate of drug-likeness (QED) is 0.766. The number of β-amino-alcohol motifs (C(OH)–C–C–N with tert-alkyl or cyclic N) is 1. The van der Waals surface area contributed by atoms with Crippen molar-refractivity contribution >= 4 is 5.91 Å². The van der Waals surface area contributed by atoms with E-state index in [-0.39, 0.29) is 12.0 Å². The summed E-state index contributed by atoms with van der Waals surface area (Å²) >= 11 is 0. The molecule has 2 aliphatic rings. The highest BCUT2D eigenvalue weighted by atomic mass is 16.3. The lowest BCUT2D eigenvalue weighted by molar-refractivity contribution is -0.132. The molecule has 2 unspecified atom stereocenters. The smallest absolute Gasteiger partial charge is 0.222 e. The molecule has 0 aromatic carbocycles. The Morgan fingerprint density at radius 2 is 2.13 bits per heavy atom. The van der Waals surface area contributed by atoms with Gasteiger partial charge < -0.3 is 10.0 Å². The average molecular weight is 211 g/mol. The summed E-state index contributed by atoms with van der Waals surface area (Å²) in [6.07, 6.45) is 4.76. The molecule has 2 rings (SSSR count). The van der Waals surface area contributed by atoms with Crippen molar-refractivity contribution in [1.29, 1.82) is 0 Å². The molecule has 86 valence electrons. The van der Waals surface area contributed by atoms with Crippen molar-refractivity contribution in [2.24, 2.45) is 11.8 Å². The van der Waals surface area contributed by atoms with Crippen LogP contribution in [0.2, 0.25) is 0 Å². The van der Waals surface area contributed by atoms with Gasteiger partial charge in [0.25, 0.3) is 0 Å². The molecule has 1 aliphatic carbocycles. The molecule has 0 bridgehead atoms. The Labute approximate surface area is 91.5 Å². The number of hydrogen-bond acceptors (Lipinski definition) is 2. The summed E-state index contributed by atoms with van der Waals surface area (Å²) in [5.74, 6) is 1.36. The SMILES string of the molecule is CC1CCC(=O)N(CC(O)C2CC2)CC1. The van der Waals surface area contributed by atoms with E-state index < -0.39 is 0 Å². The zero-order valence-corrected chi connectivity index (χ0v) is 9.48. The lowest BCUT2D eigenvalue weighted by Crippen LogP contribution is -2.37. The molecular weight excluding hydrogens is 190 g/mol. The van der Waals surface area contributed by atoms with Crippen LogP contribution < -0.4 is 0 Å². The van der Waals surface area contributed by atoms with Gasteiger partial charge in [-0.05, 0) is 37.5 Å². The van der Waals surface area contributed by atoms with Crippen LogP contribution in [0.15, 0.2) is 0 Å². The van der Waals surface area contributed by atoms with Gasteiger partial charge in [-0.2, -0.15) is 0 Å². The standard InChI is InChI=1S/C12H21NO2/c1-9-2-5-12(15)13(7-6-9)8-11(14)10-3-4-10/h9-11,14H,2-8H2,1H3. The first-order valence-corrected chi connectivity index (χ1v) is 6.12. The minimum atomic E-state index is -0.276. The summed E-state index contributed by atoms with van der Waals surface area (Å²) in [6, 6.07) is 0. The van der Waals surface area contributed by atoms with Gasteiger partial charge in [0, 0.05) is 19.5 Å². The summed E-state index contributed by atoms with van der Waals surface area (Å²) in [5.41, 5.74) is 0. The van der Waals surface area contributed by atoms with Crippen molar-refractivity contribution in [2.75, 3.05) is 13.1 Å². The molecule has 1 saturated carbocycles. The summed E-state index contributed by atoms with van der Waals surface area (Å²) < 4.78 is 0. The number of aliphatic hydroxyl groups excluding tert-OH is 1. The van der Waals surface area contributed by atoms with Crippen molar-refractivity contribution in [2.45, 2.75) is 45.1 Å². The van der Waals surface area contributed by atoms with E-state index in [9.17, 15) is 9.90 Å². The van der Waals surface area contributed by atoms with Crippen molar-refractivity contribution < 1.29 is 9.90 Å². The van der Waals surface area contributed by atoms with Gasteiger partial charge in [-0.25, -0.2) is 0 Å². The second-order valence-electron chi connectivity index (χ2n) is 5.18. The summed E-state index contributed by atoms with van der Waals surface area (Å²) in [4.78, 5) is 13.6. The molecule has 0 aromatic heterocycles. The fourth-order valence-corrected chi connectivity index (χ4v) is 2.22. The minimum absolute atomic E-state index is 0.235. The molecule has 1 amide bonds. The molecule has 0 spiro atoms. The molecule has 15 heavy (non-hydrogen) atoms. The third-order valence-corrected chi connectivity index (χ3v) is 3.67. The van der Waals surface area contributed by atoms with Gasteiger partial charge in [-0.1, -0.05) is 6.92 Å². The Morgan fingerprint density at radius 1 is 1.40 bits per heavy atom. The maximum absolute atomic E-state index is 11.8. The van der Waals surface area contributed by atoms with Gasteiger partial charge in [0.2, 0.25) is 5.91 Å². The first-order valence-electron chi connectivity index (χ1n) is 6.12. The number of nitrogens with zero attached hydrogens (tertiary/aromatic N) is 1. The van der Waals surface area contributed by atoms with Gasteiger partial charge in [-0.3, -0.25) is 4.79 Å². The molecule has 0 radical (unpaired) electrons. The Hall–Kier alpha value is -0.570. The topological polar surface area (TPSA) is 40.5 Å². The van der Waals surface area contributed by atoms with E-state index in [4.69, 9.17) is 0 Å². The van der Waals surface area contributed by atoms with E-state index in [0.717, 1.165) is 32.2 Å². The number of carbonyl (C=O) groups excluding carboxylic acids is 1. The van der Waals surface area contributed by atoms with Crippen molar-refractivity contribution in [3.05, 3.63) is 0 Å². The molecule has 1 N–H and O–H groups in total. The third kappa shape index (κ3) is 2.94. The maximum atomic E-state index is 11.8. The molecule has 2 atom stereocenters. The predicted octanol–water partition coefficient (Wildman–Crippen LogP) is 1.41. The zero-order valence-electron chi connectivity index (χ0n) is 9.48. The number of likely N-dealkylation sites (tertiary alicyclic amines) is 1. The lowest BCUT2D eigenvalue weighted by atomic mass is 10.0. The Morgan fingerprint density at radius 3 is 2.80 bits per heavy atom. The van der Waals surface area contributed by atoms with Gasteiger partial charge in [0.1, 0.15) is 0 Å². The minimum Gasteiger partial charge on any atom is -0.391 e. The number of amides is 1. The second-order valence-corrected chi connectivity index (χ2v) is 5.18. The van der Waals surface area contributed by atoms with Gasteiger partial charge in [0.05, 0.1) is 6.10 Å². The van der Waals surface area contributed by atoms with Crippen LogP contribution >= 0.6 is 0 Å². The molecule has 3 nitrogen and oxygen atoms in total. The summed E-state index contributed by atoms with van der Waals surface area (Å²) in [7, 11) is 0. The lowest BCUT2D eigenvalue weighted by Gasteiger charge is -2.23. The molecule has 1 aliphatic heterocycles. The normalized spacial score (nSPS) is 30.1. The van der Waals surface area contributed by atoms with E-state index in [2.05, 4.69) is 6.92 Å². The molecule has 1 heterocycles. The van der Waals surface area contributed by atoms with Gasteiger partial charge >= 0.3 is 0 Å². The van der Waals surface area contributed by atoms with Crippen LogP contribution in [0.4, 0.5) is 0 Å². The first kappa shape index (κ1) is 10.9. The van der Waals surface area contributed by atoms with E-state index in [1.54, 1.807) is 0 Å². The van der Waals surface area contributed by atoms with Crippen LogP contribution in [0.5, 0.6) is 0 Å². The van der Waals surface area contributed by atoms with Crippen LogP contribution in [0, 0.1) is 11.8 Å². The van der Waals surface area contributed by atoms with E-state index in [0.29, 0.717) is 24.8 Å². The van der Waals surface area contributed by atoms with E-state index in [1.807, 2.05) is 4.90 Å². The van der Waals surface area contributed by atoms with Gasteiger partial charge in [0.15, 0.2) is 0 Å². The largest absolute Gasteiger partial charge is 0.391 e. The van der Waals surface area contributed by atoms with Crippen LogP contribution in [0.3, 0.4) is 0 Å². The number of carbonyl (C=O) groups is 1. The number of hydrogen-bond donors (Lipinski definition) is 1. The van der Waals surface area contributed by atoms with Gasteiger partial charge in [-0.15, -0.1) is 0 Å². The van der Waals surface area contributed by atoms with Crippen molar-refractivity contribution in [3.63, 3.8) is 0 Å². The highest BCUT2D eigenvalue weighted by Crippen LogP contribution is 2.33. The summed E-state index contributed by atoms with van der Waals surface area (Å²) in [5, 5.41) is 9.82. The number of aliphatic hydroxyl groups is 1. The van der Waals surface area contributed by atoms with Crippen molar-refractivity contribution in [1.82, 2.24) is 4.90 Å².